The molecule has 2 N–H and O–H groups in total. The molecule has 0 unspecified atom stereocenters. The minimum atomic E-state index is 0.551. The number of anilines is 1. The molecule has 1 saturated carbocycles. The Morgan fingerprint density at radius 3 is 2.94 bits per heavy atom. The molecule has 0 bridgehead atoms. The van der Waals surface area contributed by atoms with Crippen molar-refractivity contribution in [3.63, 3.8) is 0 Å². The standard InChI is InChI=1S/C12H19N3O/c1-9-7-11(13)12(14-8-9)16-6-5-15(2)10-3-4-10/h7-8,10H,3-6,13H2,1-2H3. The summed E-state index contributed by atoms with van der Waals surface area (Å²) < 4.78 is 5.56. The van der Waals surface area contributed by atoms with Crippen molar-refractivity contribution in [1.82, 2.24) is 9.88 Å². The SMILES string of the molecule is Cc1cnc(OCCN(C)C2CC2)c(N)c1. The minimum absolute atomic E-state index is 0.551. The number of hydrogen-bond acceptors (Lipinski definition) is 4. The van der Waals surface area contributed by atoms with Gasteiger partial charge in [0.15, 0.2) is 0 Å². The van der Waals surface area contributed by atoms with Gasteiger partial charge in [-0.1, -0.05) is 0 Å². The molecule has 0 aliphatic heterocycles. The van der Waals surface area contributed by atoms with Gasteiger partial charge in [-0.15, -0.1) is 0 Å². The van der Waals surface area contributed by atoms with Gasteiger partial charge in [0.2, 0.25) is 5.88 Å². The second-order valence-electron chi connectivity index (χ2n) is 4.47. The first-order valence-corrected chi connectivity index (χ1v) is 5.72. The molecule has 0 saturated heterocycles. The highest BCUT2D eigenvalue weighted by Gasteiger charge is 2.25. The van der Waals surface area contributed by atoms with Crippen molar-refractivity contribution in [3.8, 4) is 5.88 Å². The summed E-state index contributed by atoms with van der Waals surface area (Å²) >= 11 is 0. The number of aryl methyl sites for hydroxylation is 1. The van der Waals surface area contributed by atoms with Crippen LogP contribution in [-0.2, 0) is 0 Å². The topological polar surface area (TPSA) is 51.4 Å². The van der Waals surface area contributed by atoms with Crippen LogP contribution >= 0.6 is 0 Å². The lowest BCUT2D eigenvalue weighted by Gasteiger charge is -2.16. The number of nitrogens with two attached hydrogens (primary N) is 1. The molecule has 2 rings (SSSR count). The Kier molecular flexibility index (Phi) is 3.29. The third kappa shape index (κ3) is 2.85. The first kappa shape index (κ1) is 11.2. The predicted octanol–water partition coefficient (Wildman–Crippen LogP) is 1.45. The number of hydrogen-bond donors (Lipinski definition) is 1. The van der Waals surface area contributed by atoms with Crippen molar-refractivity contribution < 1.29 is 4.74 Å². The molecule has 0 spiro atoms. The van der Waals surface area contributed by atoms with Gasteiger partial charge in [0, 0.05) is 18.8 Å². The van der Waals surface area contributed by atoms with Crippen LogP contribution < -0.4 is 10.5 Å². The third-order valence-electron chi connectivity index (χ3n) is 2.87. The maximum Gasteiger partial charge on any atom is 0.237 e. The van der Waals surface area contributed by atoms with E-state index in [2.05, 4.69) is 16.9 Å². The predicted molar refractivity (Wildman–Crippen MR) is 64.5 cm³/mol. The van der Waals surface area contributed by atoms with E-state index in [4.69, 9.17) is 10.5 Å². The van der Waals surface area contributed by atoms with E-state index >= 15 is 0 Å². The van der Waals surface area contributed by atoms with Gasteiger partial charge in [-0.05, 0) is 38.4 Å². The molecular formula is C12H19N3O. The lowest BCUT2D eigenvalue weighted by atomic mass is 10.3. The van der Waals surface area contributed by atoms with Crippen molar-refractivity contribution in [2.45, 2.75) is 25.8 Å². The molecule has 88 valence electrons. The number of pyridine rings is 1. The lowest BCUT2D eigenvalue weighted by molar-refractivity contribution is 0.227. The Balaban J connectivity index is 1.80. The highest BCUT2D eigenvalue weighted by atomic mass is 16.5. The molecule has 1 heterocycles. The number of likely N-dealkylation sites (N-methyl/N-ethyl adjacent to an activating group) is 1. The molecule has 1 aromatic heterocycles. The summed E-state index contributed by atoms with van der Waals surface area (Å²) in [6.07, 6.45) is 4.42. The Morgan fingerprint density at radius 1 is 1.56 bits per heavy atom. The molecule has 4 heteroatoms. The van der Waals surface area contributed by atoms with Crippen LogP contribution in [0.5, 0.6) is 5.88 Å². The summed E-state index contributed by atoms with van der Waals surface area (Å²) in [4.78, 5) is 6.49. The van der Waals surface area contributed by atoms with Crippen molar-refractivity contribution in [2.24, 2.45) is 0 Å². The molecule has 1 aliphatic rings. The number of nitrogen functional groups attached to an aromatic ring is 1. The molecule has 16 heavy (non-hydrogen) atoms. The van der Waals surface area contributed by atoms with Crippen LogP contribution in [0.25, 0.3) is 0 Å². The maximum absolute atomic E-state index is 5.81. The van der Waals surface area contributed by atoms with Gasteiger partial charge >= 0.3 is 0 Å². The minimum Gasteiger partial charge on any atom is -0.475 e. The van der Waals surface area contributed by atoms with E-state index in [1.165, 1.54) is 12.8 Å². The van der Waals surface area contributed by atoms with Crippen LogP contribution in [0.2, 0.25) is 0 Å². The number of nitrogens with zero attached hydrogens (tertiary/aromatic N) is 2. The Hall–Kier alpha value is -1.29. The summed E-state index contributed by atoms with van der Waals surface area (Å²) in [7, 11) is 2.13. The smallest absolute Gasteiger partial charge is 0.237 e. The van der Waals surface area contributed by atoms with Gasteiger partial charge in [0.05, 0.1) is 5.69 Å². The average Bonchev–Trinajstić information content (AvgIpc) is 3.04. The van der Waals surface area contributed by atoms with E-state index in [9.17, 15) is 0 Å². The monoisotopic (exact) mass is 221 g/mol. The van der Waals surface area contributed by atoms with Crippen LogP contribution in [0, 0.1) is 6.92 Å². The van der Waals surface area contributed by atoms with Crippen molar-refractivity contribution in [2.75, 3.05) is 25.9 Å². The summed E-state index contributed by atoms with van der Waals surface area (Å²) in [6.45, 7) is 3.54. The molecule has 1 fully saturated rings. The van der Waals surface area contributed by atoms with E-state index in [1.54, 1.807) is 6.20 Å². The Morgan fingerprint density at radius 2 is 2.31 bits per heavy atom. The Bertz CT molecular complexity index is 363. The zero-order chi connectivity index (χ0) is 11.5. The zero-order valence-electron chi connectivity index (χ0n) is 9.94. The molecule has 0 amide bonds. The average molecular weight is 221 g/mol. The quantitative estimate of drug-likeness (QED) is 0.817. The number of rotatable bonds is 5. The van der Waals surface area contributed by atoms with Gasteiger partial charge in [0.1, 0.15) is 6.61 Å². The fourth-order valence-electron chi connectivity index (χ4n) is 1.68. The number of aromatic nitrogens is 1. The van der Waals surface area contributed by atoms with Crippen LogP contribution in [0.4, 0.5) is 5.69 Å². The van der Waals surface area contributed by atoms with Crippen LogP contribution in [-0.4, -0.2) is 36.1 Å². The highest BCUT2D eigenvalue weighted by Crippen LogP contribution is 2.25. The van der Waals surface area contributed by atoms with Crippen molar-refractivity contribution in [3.05, 3.63) is 17.8 Å². The normalized spacial score (nSPS) is 15.4. The van der Waals surface area contributed by atoms with E-state index in [0.717, 1.165) is 18.2 Å². The molecule has 1 aliphatic carbocycles. The molecule has 4 nitrogen and oxygen atoms in total. The molecule has 0 atom stereocenters. The van der Waals surface area contributed by atoms with Crippen LogP contribution in [0.15, 0.2) is 12.3 Å². The largest absolute Gasteiger partial charge is 0.475 e. The van der Waals surface area contributed by atoms with Crippen molar-refractivity contribution >= 4 is 5.69 Å². The highest BCUT2D eigenvalue weighted by molar-refractivity contribution is 5.49. The second-order valence-corrected chi connectivity index (χ2v) is 4.47. The van der Waals surface area contributed by atoms with Gasteiger partial charge in [-0.25, -0.2) is 4.98 Å². The Labute approximate surface area is 96.4 Å². The fourth-order valence-corrected chi connectivity index (χ4v) is 1.68. The molecular weight excluding hydrogens is 202 g/mol. The van der Waals surface area contributed by atoms with E-state index in [1.807, 2.05) is 13.0 Å². The molecule has 0 radical (unpaired) electrons. The first-order valence-electron chi connectivity index (χ1n) is 5.72. The lowest BCUT2D eigenvalue weighted by Crippen LogP contribution is -2.26. The van der Waals surface area contributed by atoms with E-state index in [-0.39, 0.29) is 0 Å². The van der Waals surface area contributed by atoms with Crippen molar-refractivity contribution in [1.29, 1.82) is 0 Å². The summed E-state index contributed by atoms with van der Waals surface area (Å²) in [5.41, 5.74) is 7.48. The van der Waals surface area contributed by atoms with Crippen LogP contribution in [0.1, 0.15) is 18.4 Å². The van der Waals surface area contributed by atoms with Crippen LogP contribution in [0.3, 0.4) is 0 Å². The summed E-state index contributed by atoms with van der Waals surface area (Å²) in [5.74, 6) is 0.551. The van der Waals surface area contributed by atoms with E-state index in [0.29, 0.717) is 18.2 Å². The fraction of sp³-hybridized carbons (Fsp3) is 0.583. The second kappa shape index (κ2) is 4.70. The summed E-state index contributed by atoms with van der Waals surface area (Å²) in [5, 5.41) is 0. The van der Waals surface area contributed by atoms with Gasteiger partial charge in [0.25, 0.3) is 0 Å². The van der Waals surface area contributed by atoms with Gasteiger partial charge in [-0.3, -0.25) is 0 Å². The van der Waals surface area contributed by atoms with Gasteiger partial charge in [-0.2, -0.15) is 0 Å². The summed E-state index contributed by atoms with van der Waals surface area (Å²) in [6, 6.07) is 2.65. The van der Waals surface area contributed by atoms with E-state index < -0.39 is 0 Å². The molecule has 1 aromatic rings. The molecule has 0 aromatic carbocycles. The zero-order valence-corrected chi connectivity index (χ0v) is 9.94. The first-order chi connectivity index (χ1) is 7.66. The van der Waals surface area contributed by atoms with Gasteiger partial charge < -0.3 is 15.4 Å². The maximum atomic E-state index is 5.81. The third-order valence-corrected chi connectivity index (χ3v) is 2.87. The number of ether oxygens (including phenoxy) is 1.